The summed E-state index contributed by atoms with van der Waals surface area (Å²) in [5.41, 5.74) is 4.00. The molecular formula is C24H21Cl2N3O5S. The van der Waals surface area contributed by atoms with Crippen LogP contribution in [0.25, 0.3) is 0 Å². The zero-order valence-corrected chi connectivity index (χ0v) is 20.9. The lowest BCUT2D eigenvalue weighted by atomic mass is 10.2. The van der Waals surface area contributed by atoms with Crippen molar-refractivity contribution in [3.8, 4) is 11.5 Å². The summed E-state index contributed by atoms with van der Waals surface area (Å²) in [5, 5.41) is 4.42. The highest BCUT2D eigenvalue weighted by molar-refractivity contribution is 7.92. The maximum Gasteiger partial charge on any atom is 0.264 e. The first-order valence-corrected chi connectivity index (χ1v) is 12.7. The van der Waals surface area contributed by atoms with Crippen LogP contribution in [0.1, 0.15) is 11.1 Å². The minimum absolute atomic E-state index is 0.0172. The number of nitrogens with one attached hydrogen (secondary N) is 1. The first-order valence-electron chi connectivity index (χ1n) is 10.5. The largest absolute Gasteiger partial charge is 0.486 e. The number of anilines is 1. The normalized spacial score (nSPS) is 13.0. The number of aryl methyl sites for hydroxylation is 1. The van der Waals surface area contributed by atoms with Gasteiger partial charge in [0.05, 0.1) is 16.8 Å². The average Bonchev–Trinajstić information content (AvgIpc) is 2.82. The second-order valence-electron chi connectivity index (χ2n) is 7.62. The molecule has 0 bridgehead atoms. The van der Waals surface area contributed by atoms with Crippen LogP contribution in [0.3, 0.4) is 0 Å². The van der Waals surface area contributed by atoms with Crippen molar-refractivity contribution in [3.63, 3.8) is 0 Å². The van der Waals surface area contributed by atoms with Crippen molar-refractivity contribution in [2.75, 3.05) is 24.1 Å². The highest BCUT2D eigenvalue weighted by Crippen LogP contribution is 2.32. The van der Waals surface area contributed by atoms with Gasteiger partial charge in [0.2, 0.25) is 0 Å². The van der Waals surface area contributed by atoms with E-state index in [2.05, 4.69) is 10.5 Å². The monoisotopic (exact) mass is 533 g/mol. The molecule has 0 unspecified atom stereocenters. The Morgan fingerprint density at radius 2 is 1.74 bits per heavy atom. The molecule has 0 radical (unpaired) electrons. The topological polar surface area (TPSA) is 97.3 Å². The Hall–Kier alpha value is -3.27. The van der Waals surface area contributed by atoms with Crippen LogP contribution in [0, 0.1) is 6.92 Å². The molecule has 0 atom stereocenters. The van der Waals surface area contributed by atoms with Gasteiger partial charge in [-0.15, -0.1) is 0 Å². The summed E-state index contributed by atoms with van der Waals surface area (Å²) >= 11 is 12.2. The average molecular weight is 534 g/mol. The molecule has 0 fully saturated rings. The van der Waals surface area contributed by atoms with Crippen LogP contribution in [0.4, 0.5) is 5.69 Å². The van der Waals surface area contributed by atoms with Crippen LogP contribution in [-0.2, 0) is 14.8 Å². The highest BCUT2D eigenvalue weighted by atomic mass is 35.5. The second kappa shape index (κ2) is 10.6. The number of halogens is 2. The minimum atomic E-state index is -4.12. The third-order valence-corrected chi connectivity index (χ3v) is 7.25. The number of ether oxygens (including phenoxy) is 2. The number of carbonyl (C=O) groups is 1. The third kappa shape index (κ3) is 5.87. The van der Waals surface area contributed by atoms with Crippen molar-refractivity contribution >= 4 is 51.0 Å². The molecule has 1 aliphatic rings. The summed E-state index contributed by atoms with van der Waals surface area (Å²) in [7, 11) is -4.12. The lowest BCUT2D eigenvalue weighted by Crippen LogP contribution is -2.39. The fourth-order valence-electron chi connectivity index (χ4n) is 3.37. The molecule has 1 amide bonds. The maximum absolute atomic E-state index is 13.4. The summed E-state index contributed by atoms with van der Waals surface area (Å²) in [6, 6.07) is 15.9. The van der Waals surface area contributed by atoms with Crippen LogP contribution in [-0.4, -0.2) is 40.3 Å². The smallest absolute Gasteiger partial charge is 0.264 e. The zero-order chi connectivity index (χ0) is 25.0. The third-order valence-electron chi connectivity index (χ3n) is 5.02. The molecular weight excluding hydrogens is 513 g/mol. The lowest BCUT2D eigenvalue weighted by Gasteiger charge is -2.24. The first kappa shape index (κ1) is 24.8. The summed E-state index contributed by atoms with van der Waals surface area (Å²) in [6.45, 7) is 2.13. The van der Waals surface area contributed by atoms with E-state index in [1.165, 1.54) is 36.5 Å². The van der Waals surface area contributed by atoms with Gasteiger partial charge in [0.15, 0.2) is 11.5 Å². The Kier molecular flexibility index (Phi) is 7.49. The molecule has 4 rings (SSSR count). The van der Waals surface area contributed by atoms with Gasteiger partial charge < -0.3 is 9.47 Å². The van der Waals surface area contributed by atoms with E-state index in [-0.39, 0.29) is 20.6 Å². The number of hydrogen-bond donors (Lipinski definition) is 1. The molecule has 8 nitrogen and oxygen atoms in total. The Morgan fingerprint density at radius 3 is 2.46 bits per heavy atom. The number of hydrazone groups is 1. The molecule has 3 aromatic carbocycles. The fourth-order valence-corrected chi connectivity index (χ4v) is 5.29. The summed E-state index contributed by atoms with van der Waals surface area (Å²) < 4.78 is 39.0. The van der Waals surface area contributed by atoms with Crippen molar-refractivity contribution < 1.29 is 22.7 Å². The second-order valence-corrected chi connectivity index (χ2v) is 10.4. The van der Waals surface area contributed by atoms with Gasteiger partial charge in [0.1, 0.15) is 19.8 Å². The van der Waals surface area contributed by atoms with Gasteiger partial charge in [-0.2, -0.15) is 5.10 Å². The van der Waals surface area contributed by atoms with Gasteiger partial charge in [-0.1, -0.05) is 47.0 Å². The standard InChI is InChI=1S/C24H21Cl2N3O5S/c1-16-5-7-21(8-6-16)35(31,32)29(20-12-18(25)11-19(26)13-20)15-23(30)28-27-14-17-3-2-4-22-24(17)34-10-9-33-22/h2-8,11-14H,9-10,15H2,1H3,(H,28,30)/b27-14-. The SMILES string of the molecule is Cc1ccc(S(=O)(=O)N(CC(=O)N/N=C\c2cccc3c2OCCO3)c2cc(Cl)cc(Cl)c2)cc1. The number of para-hydroxylation sites is 1. The summed E-state index contributed by atoms with van der Waals surface area (Å²) in [4.78, 5) is 12.8. The number of rotatable bonds is 7. The molecule has 11 heteroatoms. The van der Waals surface area contributed by atoms with Crippen molar-refractivity contribution in [2.24, 2.45) is 5.10 Å². The molecule has 0 aliphatic carbocycles. The predicted molar refractivity (Wildman–Crippen MR) is 135 cm³/mol. The Bertz CT molecular complexity index is 1360. The number of nitrogens with zero attached hydrogens (tertiary/aromatic N) is 2. The minimum Gasteiger partial charge on any atom is -0.486 e. The van der Waals surface area contributed by atoms with E-state index in [1.54, 1.807) is 30.3 Å². The summed E-state index contributed by atoms with van der Waals surface area (Å²) in [5.74, 6) is 0.434. The predicted octanol–water partition coefficient (Wildman–Crippen LogP) is 4.42. The van der Waals surface area contributed by atoms with E-state index in [0.29, 0.717) is 30.3 Å². The Labute approximate surface area is 213 Å². The number of sulfonamides is 1. The maximum atomic E-state index is 13.4. The number of benzene rings is 3. The van der Waals surface area contributed by atoms with E-state index in [0.717, 1.165) is 9.87 Å². The summed E-state index contributed by atoms with van der Waals surface area (Å²) in [6.07, 6.45) is 1.40. The Morgan fingerprint density at radius 1 is 1.06 bits per heavy atom. The molecule has 0 aromatic heterocycles. The van der Waals surface area contributed by atoms with E-state index in [9.17, 15) is 13.2 Å². The van der Waals surface area contributed by atoms with Crippen molar-refractivity contribution in [1.29, 1.82) is 0 Å². The quantitative estimate of drug-likeness (QED) is 0.358. The van der Waals surface area contributed by atoms with Crippen LogP contribution in [0.5, 0.6) is 11.5 Å². The number of carbonyl (C=O) groups excluding carboxylic acids is 1. The van der Waals surface area contributed by atoms with Crippen LogP contribution < -0.4 is 19.2 Å². The van der Waals surface area contributed by atoms with E-state index in [1.807, 2.05) is 6.92 Å². The number of fused-ring (bicyclic) bond motifs is 1. The van der Waals surface area contributed by atoms with Crippen LogP contribution in [0.15, 0.2) is 70.7 Å². The molecule has 182 valence electrons. The molecule has 35 heavy (non-hydrogen) atoms. The van der Waals surface area contributed by atoms with Crippen molar-refractivity contribution in [2.45, 2.75) is 11.8 Å². The van der Waals surface area contributed by atoms with Gasteiger partial charge in [-0.05, 0) is 49.4 Å². The zero-order valence-electron chi connectivity index (χ0n) is 18.6. The highest BCUT2D eigenvalue weighted by Gasteiger charge is 2.28. The molecule has 1 aliphatic heterocycles. The molecule has 1 heterocycles. The van der Waals surface area contributed by atoms with E-state index < -0.39 is 22.5 Å². The van der Waals surface area contributed by atoms with Gasteiger partial charge in [0.25, 0.3) is 15.9 Å². The van der Waals surface area contributed by atoms with Crippen molar-refractivity contribution in [3.05, 3.63) is 81.8 Å². The first-order chi connectivity index (χ1) is 16.7. The van der Waals surface area contributed by atoms with E-state index in [4.69, 9.17) is 32.7 Å². The van der Waals surface area contributed by atoms with Gasteiger partial charge in [0, 0.05) is 15.6 Å². The number of hydrogen-bond acceptors (Lipinski definition) is 6. The molecule has 0 spiro atoms. The molecule has 0 saturated heterocycles. The molecule has 0 saturated carbocycles. The Balaban J connectivity index is 1.58. The molecule has 1 N–H and O–H groups in total. The van der Waals surface area contributed by atoms with Gasteiger partial charge >= 0.3 is 0 Å². The number of amides is 1. The van der Waals surface area contributed by atoms with Gasteiger partial charge in [-0.25, -0.2) is 13.8 Å². The van der Waals surface area contributed by atoms with Crippen molar-refractivity contribution in [1.82, 2.24) is 5.43 Å². The van der Waals surface area contributed by atoms with Gasteiger partial charge in [-0.3, -0.25) is 9.10 Å². The molecule has 3 aromatic rings. The van der Waals surface area contributed by atoms with E-state index >= 15 is 0 Å². The fraction of sp³-hybridized carbons (Fsp3) is 0.167. The van der Waals surface area contributed by atoms with Crippen LogP contribution >= 0.6 is 23.2 Å². The lowest BCUT2D eigenvalue weighted by molar-refractivity contribution is -0.119. The van der Waals surface area contributed by atoms with Crippen LogP contribution in [0.2, 0.25) is 10.0 Å².